The van der Waals surface area contributed by atoms with Gasteiger partial charge in [0.15, 0.2) is 0 Å². The molecule has 2 heteroatoms. The molecule has 0 atom stereocenters. The van der Waals surface area contributed by atoms with E-state index in [1.165, 1.54) is 0 Å². The predicted molar refractivity (Wildman–Crippen MR) is 12.3 cm³/mol. The van der Waals surface area contributed by atoms with Crippen molar-refractivity contribution in [3.8, 4) is 0 Å². The molecule has 0 fully saturated rings. The fraction of sp³-hybridized carbons (Fsp3) is 0.500. The van der Waals surface area contributed by atoms with Crippen LogP contribution in [0, 0.1) is 0 Å². The maximum Gasteiger partial charge on any atom is 1.00 e. The fourth-order valence-electron chi connectivity index (χ4n) is 0. The average molecular weight is 47.0 g/mol. The predicted octanol–water partition coefficient (Wildman–Crippen LogP) is -3.05. The third-order valence-electron chi connectivity index (χ3n) is 0.158. The van der Waals surface area contributed by atoms with Crippen LogP contribution in [-0.4, -0.2) is 12.8 Å². The van der Waals surface area contributed by atoms with E-state index < -0.39 is 0 Å². The smallest absolute Gasteiger partial charge is 0.529 e. The first-order valence-electron chi connectivity index (χ1n) is 0.893. The Hall–Kier alpha value is 0.267. The van der Waals surface area contributed by atoms with Crippen LogP contribution in [0.5, 0.6) is 0 Å². The first-order valence-corrected chi connectivity index (χ1v) is 0.893. The Labute approximate surface area is 37.3 Å². The van der Waals surface area contributed by atoms with E-state index in [-0.39, 0.29) is 18.9 Å². The van der Waals surface area contributed by atoms with E-state index in [9.17, 15) is 0 Å². The van der Waals surface area contributed by atoms with Gasteiger partial charge in [0.1, 0.15) is 0 Å². The zero-order chi connectivity index (χ0) is 2.12. The molecule has 0 aromatic heterocycles. The normalized spacial score (nSPS) is 14.0. The summed E-state index contributed by atoms with van der Waals surface area (Å²) in [6.45, 7) is 0.875. The second-order valence-electron chi connectivity index (χ2n) is 0.474. The minimum Gasteiger partial charge on any atom is -0.529 e. The summed E-state index contributed by atoms with van der Waals surface area (Å²) in [6.07, 6.45) is 2.62. The third kappa shape index (κ3) is 2.27. The molecular weight excluding hydrogens is 45.0 g/mol. The van der Waals surface area contributed by atoms with Gasteiger partial charge in [-0.3, -0.25) is 0 Å². The summed E-state index contributed by atoms with van der Waals surface area (Å²) in [7, 11) is 0. The summed E-state index contributed by atoms with van der Waals surface area (Å²) in [5, 5.41) is 0. The molecule has 0 radical (unpaired) electrons. The SMILES string of the molecule is [C-]1=NC1.[Li+]. The molecule has 0 bridgehead atoms. The number of aliphatic imine (C=N–C) groups is 1. The van der Waals surface area contributed by atoms with Crippen LogP contribution in [-0.2, 0) is 0 Å². The summed E-state index contributed by atoms with van der Waals surface area (Å²) >= 11 is 0. The van der Waals surface area contributed by atoms with Crippen molar-refractivity contribution < 1.29 is 18.9 Å². The van der Waals surface area contributed by atoms with Gasteiger partial charge in [-0.1, -0.05) is 0 Å². The van der Waals surface area contributed by atoms with Crippen LogP contribution < -0.4 is 18.9 Å². The molecule has 0 unspecified atom stereocenters. The Bertz CT molecular complexity index is 29.0. The van der Waals surface area contributed by atoms with Crippen molar-refractivity contribution in [3.63, 3.8) is 0 Å². The molecule has 1 aliphatic heterocycles. The second-order valence-corrected chi connectivity index (χ2v) is 0.474. The van der Waals surface area contributed by atoms with Gasteiger partial charge < -0.3 is 11.2 Å². The van der Waals surface area contributed by atoms with E-state index in [4.69, 9.17) is 0 Å². The van der Waals surface area contributed by atoms with Gasteiger partial charge in [0.25, 0.3) is 0 Å². The van der Waals surface area contributed by atoms with E-state index in [0.717, 1.165) is 6.54 Å². The van der Waals surface area contributed by atoms with E-state index in [0.29, 0.717) is 0 Å². The van der Waals surface area contributed by atoms with Gasteiger partial charge in [0.05, 0.1) is 0 Å². The molecule has 0 spiro atoms. The summed E-state index contributed by atoms with van der Waals surface area (Å²) < 4.78 is 0. The quantitative estimate of drug-likeness (QED) is 0.203. The second kappa shape index (κ2) is 1.57. The molecule has 0 aromatic carbocycles. The molecule has 16 valence electrons. The molecule has 0 N–H and O–H groups in total. The van der Waals surface area contributed by atoms with Crippen LogP contribution in [0.2, 0.25) is 0 Å². The first kappa shape index (κ1) is 4.27. The van der Waals surface area contributed by atoms with Gasteiger partial charge in [-0.15, -0.1) is 6.54 Å². The Kier molecular flexibility index (Phi) is 1.68. The minimum absolute atomic E-state index is 0. The first-order chi connectivity index (χ1) is 1.50. The zero-order valence-electron chi connectivity index (χ0n) is 2.65. The molecule has 0 saturated carbocycles. The monoisotopic (exact) mass is 47.0 g/mol. The molecule has 1 aliphatic rings. The molecule has 0 saturated heterocycles. The maximum atomic E-state index is 3.50. The van der Waals surface area contributed by atoms with Crippen molar-refractivity contribution in [1.29, 1.82) is 0 Å². The van der Waals surface area contributed by atoms with Gasteiger partial charge in [0.2, 0.25) is 0 Å². The third-order valence-corrected chi connectivity index (χ3v) is 0.158. The number of hydrogen-bond donors (Lipinski definition) is 0. The molecule has 0 aliphatic carbocycles. The Morgan fingerprint density at radius 1 is 1.75 bits per heavy atom. The van der Waals surface area contributed by atoms with Gasteiger partial charge in [-0.2, -0.15) is 0 Å². The van der Waals surface area contributed by atoms with E-state index in [2.05, 4.69) is 11.2 Å². The summed E-state index contributed by atoms with van der Waals surface area (Å²) in [4.78, 5) is 3.50. The van der Waals surface area contributed by atoms with Crippen molar-refractivity contribution in [1.82, 2.24) is 0 Å². The van der Waals surface area contributed by atoms with E-state index in [1.807, 2.05) is 0 Å². The molecule has 1 heterocycles. The molecule has 1 nitrogen and oxygen atoms in total. The van der Waals surface area contributed by atoms with Crippen molar-refractivity contribution in [2.75, 3.05) is 6.54 Å². The van der Waals surface area contributed by atoms with Crippen LogP contribution in [0.25, 0.3) is 0 Å². The van der Waals surface area contributed by atoms with Crippen LogP contribution in [0.15, 0.2) is 4.99 Å². The molecular formula is C2H2LiN. The van der Waals surface area contributed by atoms with Gasteiger partial charge in [-0.05, 0) is 0 Å². The van der Waals surface area contributed by atoms with Crippen molar-refractivity contribution >= 4 is 6.21 Å². The number of nitrogens with zero attached hydrogens (tertiary/aromatic N) is 1. The summed E-state index contributed by atoms with van der Waals surface area (Å²) in [5.41, 5.74) is 0. The number of rotatable bonds is 0. The van der Waals surface area contributed by atoms with Crippen molar-refractivity contribution in [3.05, 3.63) is 0 Å². The Morgan fingerprint density at radius 3 is 2.00 bits per heavy atom. The minimum atomic E-state index is 0. The average Bonchev–Trinajstić information content (AvgIpc) is 1.46. The van der Waals surface area contributed by atoms with E-state index in [1.54, 1.807) is 0 Å². The maximum absolute atomic E-state index is 3.50. The van der Waals surface area contributed by atoms with E-state index >= 15 is 0 Å². The topological polar surface area (TPSA) is 12.4 Å². The molecule has 4 heavy (non-hydrogen) atoms. The van der Waals surface area contributed by atoms with Crippen LogP contribution in [0.3, 0.4) is 0 Å². The van der Waals surface area contributed by atoms with Crippen LogP contribution in [0.4, 0.5) is 0 Å². The van der Waals surface area contributed by atoms with Crippen LogP contribution in [0.1, 0.15) is 0 Å². The fourth-order valence-corrected chi connectivity index (χ4v) is 0. The molecule has 0 aromatic rings. The van der Waals surface area contributed by atoms with Crippen molar-refractivity contribution in [2.24, 2.45) is 4.99 Å². The number of hydrogen-bond acceptors (Lipinski definition) is 1. The largest absolute Gasteiger partial charge is 1.00 e. The standard InChI is InChI=1S/C2H2N.Li/c1-2-3-1;/h1H2;/q-1;+1. The van der Waals surface area contributed by atoms with Crippen LogP contribution >= 0.6 is 0 Å². The Morgan fingerprint density at radius 2 is 2.00 bits per heavy atom. The summed E-state index contributed by atoms with van der Waals surface area (Å²) in [6, 6.07) is 0. The molecule has 1 rings (SSSR count). The summed E-state index contributed by atoms with van der Waals surface area (Å²) in [5.74, 6) is 0. The van der Waals surface area contributed by atoms with Gasteiger partial charge in [-0.25, -0.2) is 0 Å². The molecule has 0 amide bonds. The Balaban J connectivity index is 0.0000000900. The zero-order valence-corrected chi connectivity index (χ0v) is 2.65. The van der Waals surface area contributed by atoms with Gasteiger partial charge in [0, 0.05) is 0 Å². The van der Waals surface area contributed by atoms with Gasteiger partial charge >= 0.3 is 18.9 Å². The van der Waals surface area contributed by atoms with Crippen molar-refractivity contribution in [2.45, 2.75) is 0 Å².